The lowest BCUT2D eigenvalue weighted by molar-refractivity contribution is 0.676. The first-order chi connectivity index (χ1) is 4.81. The molecule has 0 saturated carbocycles. The van der Waals surface area contributed by atoms with Gasteiger partial charge < -0.3 is 0 Å². The Hall–Kier alpha value is -0.260. The van der Waals surface area contributed by atoms with Crippen LogP contribution in [0.5, 0.6) is 0 Å². The second-order valence-corrected chi connectivity index (χ2v) is 2.77. The minimum atomic E-state index is 1.08. The van der Waals surface area contributed by atoms with Crippen LogP contribution in [0.15, 0.2) is 12.2 Å². The van der Waals surface area contributed by atoms with Gasteiger partial charge in [0.15, 0.2) is 0 Å². The van der Waals surface area contributed by atoms with Gasteiger partial charge in [-0.1, -0.05) is 45.3 Å². The zero-order valence-corrected chi connectivity index (χ0v) is 7.16. The van der Waals surface area contributed by atoms with E-state index in [2.05, 4.69) is 20.4 Å². The first kappa shape index (κ1) is 9.74. The van der Waals surface area contributed by atoms with E-state index in [-0.39, 0.29) is 0 Å². The van der Waals surface area contributed by atoms with E-state index in [0.29, 0.717) is 0 Å². The van der Waals surface area contributed by atoms with Gasteiger partial charge in [0, 0.05) is 0 Å². The fourth-order valence-corrected chi connectivity index (χ4v) is 0.905. The number of rotatable bonds is 6. The van der Waals surface area contributed by atoms with E-state index in [9.17, 15) is 0 Å². The average molecular weight is 139 g/mol. The summed E-state index contributed by atoms with van der Waals surface area (Å²) in [5.74, 6) is 0. The molecule has 0 aliphatic heterocycles. The highest BCUT2D eigenvalue weighted by Gasteiger charge is 1.90. The predicted octanol–water partition coefficient (Wildman–Crippen LogP) is 3.74. The Kier molecular flexibility index (Phi) is 6.68. The van der Waals surface area contributed by atoms with Crippen LogP contribution < -0.4 is 0 Å². The van der Waals surface area contributed by atoms with Gasteiger partial charge in [0.2, 0.25) is 0 Å². The van der Waals surface area contributed by atoms with E-state index in [1.807, 2.05) is 0 Å². The van der Waals surface area contributed by atoms with Crippen LogP contribution in [0.25, 0.3) is 0 Å². The highest BCUT2D eigenvalue weighted by Crippen LogP contribution is 2.10. The van der Waals surface area contributed by atoms with Crippen molar-refractivity contribution in [3.05, 3.63) is 19.1 Å². The van der Waals surface area contributed by atoms with Crippen LogP contribution in [0.2, 0.25) is 0 Å². The molecule has 0 saturated heterocycles. The predicted molar refractivity (Wildman–Crippen MR) is 47.9 cm³/mol. The minimum absolute atomic E-state index is 1.08. The van der Waals surface area contributed by atoms with Crippen molar-refractivity contribution < 1.29 is 0 Å². The molecule has 0 aliphatic rings. The zero-order valence-electron chi connectivity index (χ0n) is 7.16. The molecule has 0 unspecified atom stereocenters. The van der Waals surface area contributed by atoms with Crippen LogP contribution in [0.1, 0.15) is 45.4 Å². The van der Waals surface area contributed by atoms with E-state index in [1.54, 1.807) is 0 Å². The molecule has 0 heterocycles. The zero-order chi connectivity index (χ0) is 7.82. The third-order valence-electron chi connectivity index (χ3n) is 1.78. The van der Waals surface area contributed by atoms with Crippen LogP contribution in [-0.2, 0) is 0 Å². The Bertz CT molecular complexity index is 82.0. The quantitative estimate of drug-likeness (QED) is 0.388. The van der Waals surface area contributed by atoms with E-state index in [0.717, 1.165) is 12.8 Å². The minimum Gasteiger partial charge on any atom is -0.0999 e. The molecular weight excluding hydrogens is 120 g/mol. The van der Waals surface area contributed by atoms with Crippen LogP contribution in [-0.4, -0.2) is 0 Å². The van der Waals surface area contributed by atoms with Crippen molar-refractivity contribution in [1.82, 2.24) is 0 Å². The maximum absolute atomic E-state index is 3.96. The molecule has 1 radical (unpaired) electrons. The smallest absolute Gasteiger partial charge is 0.0323 e. The summed E-state index contributed by atoms with van der Waals surface area (Å²) in [6.07, 6.45) is 7.35. The van der Waals surface area contributed by atoms with Crippen LogP contribution in [0.3, 0.4) is 0 Å². The lowest BCUT2D eigenvalue weighted by Crippen LogP contribution is -1.80. The summed E-state index contributed by atoms with van der Waals surface area (Å²) in [4.78, 5) is 0. The molecule has 0 aromatic heterocycles. The van der Waals surface area contributed by atoms with Crippen LogP contribution in [0, 0.1) is 6.92 Å². The molecule has 0 aliphatic carbocycles. The molecule has 0 amide bonds. The number of hydrogen-bond donors (Lipinski definition) is 0. The molecule has 59 valence electrons. The number of hydrogen-bond acceptors (Lipinski definition) is 0. The highest BCUT2D eigenvalue weighted by atomic mass is 14.0. The SMILES string of the molecule is [CH2]CCCCCC(=C)CC. The fraction of sp³-hybridized carbons (Fsp3) is 0.700. The second kappa shape index (κ2) is 6.85. The second-order valence-electron chi connectivity index (χ2n) is 2.77. The summed E-state index contributed by atoms with van der Waals surface area (Å²) >= 11 is 0. The highest BCUT2D eigenvalue weighted by molar-refractivity contribution is 4.91. The van der Waals surface area contributed by atoms with E-state index in [4.69, 9.17) is 0 Å². The molecular formula is C10H19. The Morgan fingerprint density at radius 1 is 1.20 bits per heavy atom. The molecule has 0 nitrogen and oxygen atoms in total. The normalized spacial score (nSPS) is 9.80. The molecule has 0 spiro atoms. The summed E-state index contributed by atoms with van der Waals surface area (Å²) in [7, 11) is 0. The molecule has 0 aromatic rings. The van der Waals surface area contributed by atoms with Crippen molar-refractivity contribution in [3.8, 4) is 0 Å². The maximum Gasteiger partial charge on any atom is -0.0323 e. The molecule has 0 N–H and O–H groups in total. The van der Waals surface area contributed by atoms with Gasteiger partial charge in [0.1, 0.15) is 0 Å². The van der Waals surface area contributed by atoms with Gasteiger partial charge in [0.05, 0.1) is 0 Å². The van der Waals surface area contributed by atoms with Crippen molar-refractivity contribution in [3.63, 3.8) is 0 Å². The summed E-state index contributed by atoms with van der Waals surface area (Å²) in [5, 5.41) is 0. The summed E-state index contributed by atoms with van der Waals surface area (Å²) < 4.78 is 0. The van der Waals surface area contributed by atoms with E-state index < -0.39 is 0 Å². The number of allylic oxidation sites excluding steroid dienone is 1. The van der Waals surface area contributed by atoms with Crippen LogP contribution >= 0.6 is 0 Å². The first-order valence-corrected chi connectivity index (χ1v) is 4.27. The van der Waals surface area contributed by atoms with Gasteiger partial charge in [-0.05, 0) is 19.3 Å². The Balaban J connectivity index is 2.96. The lowest BCUT2D eigenvalue weighted by Gasteiger charge is -2.00. The van der Waals surface area contributed by atoms with E-state index in [1.165, 1.54) is 31.3 Å². The first-order valence-electron chi connectivity index (χ1n) is 4.27. The van der Waals surface area contributed by atoms with Gasteiger partial charge in [-0.3, -0.25) is 0 Å². The Morgan fingerprint density at radius 2 is 1.90 bits per heavy atom. The van der Waals surface area contributed by atoms with Crippen molar-refractivity contribution in [2.75, 3.05) is 0 Å². The topological polar surface area (TPSA) is 0 Å². The van der Waals surface area contributed by atoms with Crippen molar-refractivity contribution >= 4 is 0 Å². The molecule has 0 fully saturated rings. The average Bonchev–Trinajstić information content (AvgIpc) is 1.98. The molecule has 0 bridgehead atoms. The van der Waals surface area contributed by atoms with Crippen molar-refractivity contribution in [2.45, 2.75) is 45.4 Å². The van der Waals surface area contributed by atoms with Crippen LogP contribution in [0.4, 0.5) is 0 Å². The lowest BCUT2D eigenvalue weighted by atomic mass is 10.1. The Morgan fingerprint density at radius 3 is 2.40 bits per heavy atom. The van der Waals surface area contributed by atoms with Gasteiger partial charge in [0.25, 0.3) is 0 Å². The molecule has 0 heteroatoms. The summed E-state index contributed by atoms with van der Waals surface area (Å²) in [6, 6.07) is 0. The largest absolute Gasteiger partial charge is 0.0999 e. The fourth-order valence-electron chi connectivity index (χ4n) is 0.905. The van der Waals surface area contributed by atoms with Gasteiger partial charge in [-0.2, -0.15) is 0 Å². The standard InChI is InChI=1S/C10H19/c1-4-6-7-8-9-10(3)5-2/h1,3-9H2,2H3. The molecule has 0 aromatic carbocycles. The van der Waals surface area contributed by atoms with Gasteiger partial charge in [-0.25, -0.2) is 0 Å². The maximum atomic E-state index is 3.96. The Labute approximate surface area is 65.3 Å². The summed E-state index contributed by atoms with van der Waals surface area (Å²) in [5.41, 5.74) is 1.39. The molecule has 0 rings (SSSR count). The van der Waals surface area contributed by atoms with Crippen molar-refractivity contribution in [1.29, 1.82) is 0 Å². The van der Waals surface area contributed by atoms with Gasteiger partial charge >= 0.3 is 0 Å². The third-order valence-corrected chi connectivity index (χ3v) is 1.78. The van der Waals surface area contributed by atoms with E-state index >= 15 is 0 Å². The number of unbranched alkanes of at least 4 members (excludes halogenated alkanes) is 3. The molecule has 0 atom stereocenters. The van der Waals surface area contributed by atoms with Crippen molar-refractivity contribution in [2.24, 2.45) is 0 Å². The summed E-state index contributed by atoms with van der Waals surface area (Å²) in [6.45, 7) is 9.93. The third kappa shape index (κ3) is 5.87. The monoisotopic (exact) mass is 139 g/mol. The van der Waals surface area contributed by atoms with Gasteiger partial charge in [-0.15, -0.1) is 0 Å². The molecule has 10 heavy (non-hydrogen) atoms.